The van der Waals surface area contributed by atoms with Gasteiger partial charge in [-0.1, -0.05) is 17.7 Å². The Balaban J connectivity index is 2.32. The minimum absolute atomic E-state index is 0.248. The maximum atomic E-state index is 13.6. The molecule has 0 saturated heterocycles. The summed E-state index contributed by atoms with van der Waals surface area (Å²) < 4.78 is 15.3. The zero-order chi connectivity index (χ0) is 12.7. The number of fused-ring (bicyclic) bond motifs is 1. The van der Waals surface area contributed by atoms with Gasteiger partial charge in [-0.15, -0.1) is 0 Å². The van der Waals surface area contributed by atoms with E-state index in [1.165, 1.54) is 6.07 Å². The summed E-state index contributed by atoms with van der Waals surface area (Å²) in [6.45, 7) is 0. The molecule has 90 valence electrons. The zero-order valence-electron chi connectivity index (χ0n) is 9.27. The second-order valence-electron chi connectivity index (χ2n) is 3.89. The maximum Gasteiger partial charge on any atom is 0.206 e. The van der Waals surface area contributed by atoms with Crippen LogP contribution in [0, 0.1) is 5.82 Å². The van der Waals surface area contributed by atoms with Gasteiger partial charge in [-0.05, 0) is 36.4 Å². The van der Waals surface area contributed by atoms with E-state index in [0.717, 1.165) is 5.69 Å². The van der Waals surface area contributed by atoms with Crippen LogP contribution in [0.15, 0.2) is 42.5 Å². The number of anilines is 1. The van der Waals surface area contributed by atoms with Crippen LogP contribution in [-0.2, 0) is 0 Å². The van der Waals surface area contributed by atoms with E-state index in [1.807, 2.05) is 12.1 Å². The van der Waals surface area contributed by atoms with Crippen molar-refractivity contribution in [1.82, 2.24) is 9.55 Å². The lowest BCUT2D eigenvalue weighted by Gasteiger charge is -2.06. The van der Waals surface area contributed by atoms with E-state index in [1.54, 1.807) is 28.8 Å². The van der Waals surface area contributed by atoms with E-state index >= 15 is 0 Å². The minimum Gasteiger partial charge on any atom is -0.369 e. The molecule has 3 rings (SSSR count). The van der Waals surface area contributed by atoms with Crippen molar-refractivity contribution < 1.29 is 4.39 Å². The molecule has 0 saturated carbocycles. The van der Waals surface area contributed by atoms with Crippen molar-refractivity contribution in [1.29, 1.82) is 0 Å². The molecule has 1 aromatic heterocycles. The van der Waals surface area contributed by atoms with Crippen LogP contribution in [0.1, 0.15) is 0 Å². The Labute approximate surface area is 108 Å². The highest BCUT2D eigenvalue weighted by Gasteiger charge is 2.12. The van der Waals surface area contributed by atoms with E-state index in [4.69, 9.17) is 17.3 Å². The van der Waals surface area contributed by atoms with E-state index in [2.05, 4.69) is 4.98 Å². The Bertz CT molecular complexity index is 719. The highest BCUT2D eigenvalue weighted by atomic mass is 35.5. The van der Waals surface area contributed by atoms with Crippen molar-refractivity contribution in [2.24, 2.45) is 0 Å². The van der Waals surface area contributed by atoms with Gasteiger partial charge < -0.3 is 5.73 Å². The predicted octanol–water partition coefficient (Wildman–Crippen LogP) is 3.40. The number of nitrogen functional groups attached to an aromatic ring is 1. The number of imidazole rings is 1. The largest absolute Gasteiger partial charge is 0.369 e. The molecular formula is C13H9ClFN3. The first-order valence-electron chi connectivity index (χ1n) is 5.35. The molecule has 0 fully saturated rings. The maximum absolute atomic E-state index is 13.6. The number of benzene rings is 2. The minimum atomic E-state index is -0.382. The smallest absolute Gasteiger partial charge is 0.206 e. The van der Waals surface area contributed by atoms with Gasteiger partial charge in [0.25, 0.3) is 0 Å². The van der Waals surface area contributed by atoms with Crippen LogP contribution in [-0.4, -0.2) is 9.55 Å². The number of para-hydroxylation sites is 1. The summed E-state index contributed by atoms with van der Waals surface area (Å²) in [5.41, 5.74) is 7.54. The molecule has 2 aromatic carbocycles. The molecule has 18 heavy (non-hydrogen) atoms. The van der Waals surface area contributed by atoms with Gasteiger partial charge in [0.05, 0.1) is 5.52 Å². The Kier molecular flexibility index (Phi) is 2.45. The summed E-state index contributed by atoms with van der Waals surface area (Å²) in [7, 11) is 0. The van der Waals surface area contributed by atoms with Crippen molar-refractivity contribution in [2.75, 3.05) is 5.73 Å². The molecular weight excluding hydrogens is 253 g/mol. The molecule has 0 aliphatic rings. The van der Waals surface area contributed by atoms with Crippen LogP contribution in [0.25, 0.3) is 16.7 Å². The second kappa shape index (κ2) is 3.99. The lowest BCUT2D eigenvalue weighted by Crippen LogP contribution is -2.00. The Morgan fingerprint density at radius 3 is 2.56 bits per heavy atom. The number of aromatic nitrogens is 2. The van der Waals surface area contributed by atoms with E-state index in [9.17, 15) is 4.39 Å². The molecule has 1 heterocycles. The van der Waals surface area contributed by atoms with Crippen molar-refractivity contribution in [2.45, 2.75) is 0 Å². The first-order valence-corrected chi connectivity index (χ1v) is 5.73. The molecule has 0 aliphatic heterocycles. The third kappa shape index (κ3) is 1.62. The van der Waals surface area contributed by atoms with Crippen LogP contribution < -0.4 is 5.73 Å². The SMILES string of the molecule is Nc1nc2c(F)cccc2n1-c1ccc(Cl)cc1. The molecule has 0 spiro atoms. The highest BCUT2D eigenvalue weighted by Crippen LogP contribution is 2.25. The molecule has 0 amide bonds. The molecule has 0 radical (unpaired) electrons. The van der Waals surface area contributed by atoms with Gasteiger partial charge >= 0.3 is 0 Å². The van der Waals surface area contributed by atoms with Crippen molar-refractivity contribution in [3.05, 3.63) is 53.3 Å². The van der Waals surface area contributed by atoms with Crippen molar-refractivity contribution in [3.8, 4) is 5.69 Å². The fraction of sp³-hybridized carbons (Fsp3) is 0. The number of halogens is 2. The summed E-state index contributed by atoms with van der Waals surface area (Å²) in [6, 6.07) is 11.9. The fourth-order valence-corrected chi connectivity index (χ4v) is 2.07. The molecule has 2 N–H and O–H groups in total. The van der Waals surface area contributed by atoms with Gasteiger partial charge in [0, 0.05) is 10.7 Å². The first kappa shape index (κ1) is 11.0. The average Bonchev–Trinajstić information content (AvgIpc) is 2.69. The molecule has 5 heteroatoms. The standard InChI is InChI=1S/C13H9ClFN3/c14-8-4-6-9(7-5-8)18-11-3-1-2-10(15)12(11)17-13(18)16/h1-7H,(H2,16,17). The molecule has 3 nitrogen and oxygen atoms in total. The molecule has 0 aliphatic carbocycles. The summed E-state index contributed by atoms with van der Waals surface area (Å²) in [5, 5.41) is 0.632. The third-order valence-electron chi connectivity index (χ3n) is 2.75. The van der Waals surface area contributed by atoms with Crippen molar-refractivity contribution >= 4 is 28.6 Å². The van der Waals surface area contributed by atoms with E-state index in [0.29, 0.717) is 10.5 Å². The number of hydrogen-bond acceptors (Lipinski definition) is 2. The summed E-state index contributed by atoms with van der Waals surface area (Å²) in [5.74, 6) is -0.135. The quantitative estimate of drug-likeness (QED) is 0.730. The summed E-state index contributed by atoms with van der Waals surface area (Å²) in [4.78, 5) is 4.04. The lowest BCUT2D eigenvalue weighted by molar-refractivity contribution is 0.637. The van der Waals surface area contributed by atoms with E-state index in [-0.39, 0.29) is 17.3 Å². The highest BCUT2D eigenvalue weighted by molar-refractivity contribution is 6.30. The Morgan fingerprint density at radius 1 is 1.11 bits per heavy atom. The fourth-order valence-electron chi connectivity index (χ4n) is 1.94. The van der Waals surface area contributed by atoms with Gasteiger partial charge in [-0.25, -0.2) is 9.37 Å². The normalized spacial score (nSPS) is 11.0. The van der Waals surface area contributed by atoms with Crippen LogP contribution in [0.3, 0.4) is 0 Å². The average molecular weight is 262 g/mol. The predicted molar refractivity (Wildman–Crippen MR) is 70.5 cm³/mol. The van der Waals surface area contributed by atoms with Crippen molar-refractivity contribution in [3.63, 3.8) is 0 Å². The number of nitrogens with zero attached hydrogens (tertiary/aromatic N) is 2. The molecule has 0 atom stereocenters. The second-order valence-corrected chi connectivity index (χ2v) is 4.33. The van der Waals surface area contributed by atoms with Crippen LogP contribution in [0.5, 0.6) is 0 Å². The Morgan fingerprint density at radius 2 is 1.83 bits per heavy atom. The van der Waals surface area contributed by atoms with Crippen LogP contribution in [0.2, 0.25) is 5.02 Å². The van der Waals surface area contributed by atoms with Crippen LogP contribution in [0.4, 0.5) is 10.3 Å². The lowest BCUT2D eigenvalue weighted by atomic mass is 10.2. The molecule has 0 bridgehead atoms. The van der Waals surface area contributed by atoms with Gasteiger partial charge in [-0.2, -0.15) is 0 Å². The summed E-state index contributed by atoms with van der Waals surface area (Å²) >= 11 is 5.84. The molecule has 3 aromatic rings. The van der Waals surface area contributed by atoms with E-state index < -0.39 is 0 Å². The first-order chi connectivity index (χ1) is 8.66. The monoisotopic (exact) mass is 261 g/mol. The van der Waals surface area contributed by atoms with Gasteiger partial charge in [0.2, 0.25) is 5.95 Å². The van der Waals surface area contributed by atoms with Gasteiger partial charge in [0.1, 0.15) is 5.52 Å². The Hall–Kier alpha value is -2.07. The number of nitrogens with two attached hydrogens (primary N) is 1. The topological polar surface area (TPSA) is 43.8 Å². The van der Waals surface area contributed by atoms with Gasteiger partial charge in [-0.3, -0.25) is 4.57 Å². The number of rotatable bonds is 1. The molecule has 0 unspecified atom stereocenters. The third-order valence-corrected chi connectivity index (χ3v) is 3.00. The summed E-state index contributed by atoms with van der Waals surface area (Å²) in [6.07, 6.45) is 0. The van der Waals surface area contributed by atoms with Crippen LogP contribution >= 0.6 is 11.6 Å². The van der Waals surface area contributed by atoms with Gasteiger partial charge in [0.15, 0.2) is 5.82 Å². The zero-order valence-corrected chi connectivity index (χ0v) is 10.0. The number of hydrogen-bond donors (Lipinski definition) is 1.